The van der Waals surface area contributed by atoms with Crippen LogP contribution in [0.3, 0.4) is 0 Å². The number of rotatable bonds is 4. The van der Waals surface area contributed by atoms with Crippen LogP contribution in [0, 0.1) is 5.92 Å². The van der Waals surface area contributed by atoms with E-state index in [1.54, 1.807) is 0 Å². The van der Waals surface area contributed by atoms with Crippen LogP contribution >= 0.6 is 0 Å². The second-order valence-electron chi connectivity index (χ2n) is 10.6. The van der Waals surface area contributed by atoms with E-state index in [0.717, 1.165) is 42.5 Å². The van der Waals surface area contributed by atoms with Gasteiger partial charge in [-0.2, -0.15) is 13.2 Å². The first kappa shape index (κ1) is 24.7. The van der Waals surface area contributed by atoms with Gasteiger partial charge in [-0.05, 0) is 66.5 Å². The zero-order chi connectivity index (χ0) is 26.4. The topological polar surface area (TPSA) is 46.6 Å². The molecule has 0 radical (unpaired) electrons. The Bertz CT molecular complexity index is 1310. The average molecular weight is 520 g/mol. The van der Waals surface area contributed by atoms with Crippen molar-refractivity contribution in [2.75, 3.05) is 6.61 Å². The van der Waals surface area contributed by atoms with Crippen molar-refractivity contribution in [2.24, 2.45) is 5.92 Å². The molecule has 3 aliphatic rings. The number of carbonyl (C=O) groups is 2. The third-order valence-electron chi connectivity index (χ3n) is 8.39. The number of carbonyl (C=O) groups excluding carboxylic acids is 2. The molecule has 0 spiro atoms. The van der Waals surface area contributed by atoms with E-state index >= 15 is 0 Å². The van der Waals surface area contributed by atoms with Gasteiger partial charge in [-0.25, -0.2) is 4.79 Å². The van der Waals surface area contributed by atoms with Crippen LogP contribution in [-0.4, -0.2) is 35.5 Å². The van der Waals surface area contributed by atoms with Crippen LogP contribution in [0.5, 0.6) is 0 Å². The van der Waals surface area contributed by atoms with Gasteiger partial charge in [0, 0.05) is 29.5 Å². The lowest BCUT2D eigenvalue weighted by atomic mass is 9.76. The van der Waals surface area contributed by atoms with Crippen LogP contribution in [0.25, 0.3) is 11.1 Å². The number of piperidine rings is 2. The maximum atomic E-state index is 13.4. The first-order valence-corrected chi connectivity index (χ1v) is 13.2. The normalized spacial score (nSPS) is 22.5. The Hall–Kier alpha value is -3.61. The summed E-state index contributed by atoms with van der Waals surface area (Å²) >= 11 is 0. The third-order valence-corrected chi connectivity index (χ3v) is 8.39. The molecular weight excluding hydrogens is 491 g/mol. The fourth-order valence-electron chi connectivity index (χ4n) is 6.62. The highest BCUT2D eigenvalue weighted by Gasteiger charge is 2.44. The number of hydrogen-bond donors (Lipinski definition) is 0. The Morgan fingerprint density at radius 3 is 1.92 bits per heavy atom. The van der Waals surface area contributed by atoms with Gasteiger partial charge in [-0.1, -0.05) is 60.7 Å². The van der Waals surface area contributed by atoms with Gasteiger partial charge in [-0.15, -0.1) is 0 Å². The number of hydrogen-bond acceptors (Lipinski definition) is 3. The highest BCUT2D eigenvalue weighted by atomic mass is 19.4. The molecule has 1 amide bonds. The number of benzene rings is 3. The fourth-order valence-corrected chi connectivity index (χ4v) is 6.62. The van der Waals surface area contributed by atoms with Crippen LogP contribution in [0.4, 0.5) is 18.0 Å². The summed E-state index contributed by atoms with van der Waals surface area (Å²) in [5.41, 5.74) is 4.17. The van der Waals surface area contributed by atoms with E-state index in [-0.39, 0.29) is 48.0 Å². The highest BCUT2D eigenvalue weighted by molar-refractivity contribution is 5.98. The predicted octanol–water partition coefficient (Wildman–Crippen LogP) is 7.47. The Labute approximate surface area is 219 Å². The van der Waals surface area contributed by atoms with Crippen LogP contribution in [0.2, 0.25) is 0 Å². The third kappa shape index (κ3) is 4.38. The van der Waals surface area contributed by atoms with Crippen molar-refractivity contribution in [3.05, 3.63) is 95.1 Å². The molecule has 2 aliphatic heterocycles. The van der Waals surface area contributed by atoms with Crippen molar-refractivity contribution < 1.29 is 27.5 Å². The van der Waals surface area contributed by atoms with E-state index in [1.165, 1.54) is 23.3 Å². The van der Waals surface area contributed by atoms with Crippen molar-refractivity contribution in [1.29, 1.82) is 0 Å². The Morgan fingerprint density at radius 1 is 0.816 bits per heavy atom. The largest absolute Gasteiger partial charge is 0.448 e. The van der Waals surface area contributed by atoms with E-state index in [1.807, 2.05) is 29.2 Å². The summed E-state index contributed by atoms with van der Waals surface area (Å²) in [6.45, 7) is 0.247. The number of Topliss-reactive ketones (excluding diaryl/α,β-unsaturated/α-hetero) is 1. The summed E-state index contributed by atoms with van der Waals surface area (Å²) in [5, 5.41) is 0. The van der Waals surface area contributed by atoms with E-state index in [2.05, 4.69) is 24.3 Å². The predicted molar refractivity (Wildman–Crippen MR) is 137 cm³/mol. The molecule has 2 bridgehead atoms. The Morgan fingerprint density at radius 2 is 1.37 bits per heavy atom. The minimum atomic E-state index is -4.44. The van der Waals surface area contributed by atoms with Gasteiger partial charge in [0.25, 0.3) is 0 Å². The maximum absolute atomic E-state index is 13.4. The molecule has 2 atom stereocenters. The number of nitrogens with zero attached hydrogens (tertiary/aromatic N) is 1. The fraction of sp³-hybridized carbons (Fsp3) is 0.355. The zero-order valence-corrected chi connectivity index (χ0v) is 20.8. The van der Waals surface area contributed by atoms with Crippen molar-refractivity contribution in [1.82, 2.24) is 4.90 Å². The first-order chi connectivity index (χ1) is 18.3. The molecule has 2 unspecified atom stereocenters. The lowest BCUT2D eigenvalue weighted by molar-refractivity contribution is -0.137. The lowest BCUT2D eigenvalue weighted by Gasteiger charge is -2.47. The molecule has 0 aromatic heterocycles. The molecule has 3 aromatic rings. The number of fused-ring (bicyclic) bond motifs is 5. The smallest absolute Gasteiger partial charge is 0.416 e. The van der Waals surface area contributed by atoms with Gasteiger partial charge in [0.2, 0.25) is 0 Å². The Balaban J connectivity index is 1.14. The first-order valence-electron chi connectivity index (χ1n) is 13.2. The quantitative estimate of drug-likeness (QED) is 0.336. The number of ether oxygens (including phenoxy) is 1. The molecule has 2 saturated heterocycles. The van der Waals surface area contributed by atoms with E-state index < -0.39 is 11.7 Å². The summed E-state index contributed by atoms with van der Waals surface area (Å²) in [5.74, 6) is -0.493. The van der Waals surface area contributed by atoms with Crippen molar-refractivity contribution >= 4 is 11.9 Å². The lowest BCUT2D eigenvalue weighted by Crippen LogP contribution is -2.55. The molecule has 6 rings (SSSR count). The minimum Gasteiger partial charge on any atom is -0.448 e. The van der Waals surface area contributed by atoms with E-state index in [9.17, 15) is 22.8 Å². The standard InChI is InChI=1S/C31H28F3NO3/c32-31(33,34)21-14-12-19(13-15-21)29(36)20-16-22-6-5-7-23(17-20)35(22)30(37)38-18-28-26-10-3-1-8-24(26)25-9-2-4-11-27(25)28/h1-4,8-15,20,22-23,28H,5-7,16-18H2. The summed E-state index contributed by atoms with van der Waals surface area (Å²) in [6, 6.07) is 20.6. The molecular formula is C31H28F3NO3. The summed E-state index contributed by atoms with van der Waals surface area (Å²) in [6.07, 6.45) is -1.23. The van der Waals surface area contributed by atoms with Gasteiger partial charge in [-0.3, -0.25) is 4.79 Å². The second-order valence-corrected chi connectivity index (χ2v) is 10.6. The summed E-state index contributed by atoms with van der Waals surface area (Å²) < 4.78 is 44.7. The minimum absolute atomic E-state index is 0.0232. The number of amides is 1. The van der Waals surface area contributed by atoms with Gasteiger partial charge in [0.1, 0.15) is 6.61 Å². The molecule has 0 N–H and O–H groups in total. The molecule has 196 valence electrons. The van der Waals surface area contributed by atoms with Crippen LogP contribution in [-0.2, 0) is 10.9 Å². The van der Waals surface area contributed by atoms with Gasteiger partial charge < -0.3 is 9.64 Å². The highest BCUT2D eigenvalue weighted by Crippen LogP contribution is 2.45. The number of alkyl halides is 3. The number of halogens is 3. The average Bonchev–Trinajstić information content (AvgIpc) is 3.24. The SMILES string of the molecule is O=C(c1ccc(C(F)(F)F)cc1)C1CC2CCCC(C1)N2C(=O)OCC1c2ccccc2-c2ccccc21. The van der Waals surface area contributed by atoms with E-state index in [4.69, 9.17) is 4.74 Å². The van der Waals surface area contributed by atoms with Crippen LogP contribution in [0.15, 0.2) is 72.8 Å². The molecule has 2 fully saturated rings. The maximum Gasteiger partial charge on any atom is 0.416 e. The van der Waals surface area contributed by atoms with Gasteiger partial charge in [0.05, 0.1) is 5.56 Å². The number of ketones is 1. The zero-order valence-electron chi connectivity index (χ0n) is 20.8. The van der Waals surface area contributed by atoms with Crippen molar-refractivity contribution in [3.8, 4) is 11.1 Å². The van der Waals surface area contributed by atoms with Crippen molar-refractivity contribution in [3.63, 3.8) is 0 Å². The second kappa shape index (κ2) is 9.61. The van der Waals surface area contributed by atoms with Crippen molar-refractivity contribution in [2.45, 2.75) is 56.3 Å². The van der Waals surface area contributed by atoms with Gasteiger partial charge in [0.15, 0.2) is 5.78 Å². The van der Waals surface area contributed by atoms with Crippen LogP contribution in [0.1, 0.15) is 65.1 Å². The molecule has 7 heteroatoms. The molecule has 38 heavy (non-hydrogen) atoms. The molecule has 3 aromatic carbocycles. The molecule has 0 saturated carbocycles. The van der Waals surface area contributed by atoms with E-state index in [0.29, 0.717) is 12.8 Å². The monoisotopic (exact) mass is 519 g/mol. The van der Waals surface area contributed by atoms with Gasteiger partial charge >= 0.3 is 12.3 Å². The van der Waals surface area contributed by atoms with Crippen LogP contribution < -0.4 is 0 Å². The summed E-state index contributed by atoms with van der Waals surface area (Å²) in [7, 11) is 0. The Kier molecular flexibility index (Phi) is 6.25. The molecule has 2 heterocycles. The molecule has 1 aliphatic carbocycles. The molecule has 4 nitrogen and oxygen atoms in total. The summed E-state index contributed by atoms with van der Waals surface area (Å²) in [4.78, 5) is 28.4.